The highest BCUT2D eigenvalue weighted by Gasteiger charge is 2.22. The molecule has 1 aliphatic rings. The zero-order valence-corrected chi connectivity index (χ0v) is 18.3. The average Bonchev–Trinajstić information content (AvgIpc) is 2.74. The molecule has 0 atom stereocenters. The van der Waals surface area contributed by atoms with Crippen LogP contribution in [0.5, 0.6) is 5.75 Å². The summed E-state index contributed by atoms with van der Waals surface area (Å²) >= 11 is 3.53. The van der Waals surface area contributed by atoms with E-state index in [2.05, 4.69) is 26.1 Å². The predicted molar refractivity (Wildman–Crippen MR) is 121 cm³/mol. The molecule has 6 heteroatoms. The number of ether oxygens (including phenoxy) is 1. The first-order valence-electron chi connectivity index (χ1n) is 9.87. The molecule has 1 aliphatic heterocycles. The number of fused-ring (bicyclic) bond motifs is 1. The second-order valence-corrected chi connectivity index (χ2v) is 8.24. The maximum Gasteiger partial charge on any atom is 0.256 e. The van der Waals surface area contributed by atoms with Crippen molar-refractivity contribution in [2.45, 2.75) is 26.2 Å². The van der Waals surface area contributed by atoms with Crippen molar-refractivity contribution < 1.29 is 9.53 Å². The Labute approximate surface area is 179 Å². The molecule has 4 rings (SSSR count). The summed E-state index contributed by atoms with van der Waals surface area (Å²) in [6.45, 7) is 3.96. The van der Waals surface area contributed by atoms with E-state index in [9.17, 15) is 4.79 Å². The largest absolute Gasteiger partial charge is 0.497 e. The summed E-state index contributed by atoms with van der Waals surface area (Å²) in [5.41, 5.74) is 3.16. The molecule has 1 fully saturated rings. The van der Waals surface area contributed by atoms with Gasteiger partial charge in [-0.1, -0.05) is 15.9 Å². The molecule has 0 spiro atoms. The molecule has 1 amide bonds. The summed E-state index contributed by atoms with van der Waals surface area (Å²) in [5, 5.41) is 3.89. The predicted octanol–water partition coefficient (Wildman–Crippen LogP) is 5.56. The van der Waals surface area contributed by atoms with Crippen molar-refractivity contribution in [1.82, 2.24) is 4.98 Å². The third-order valence-electron chi connectivity index (χ3n) is 5.40. The minimum atomic E-state index is -0.128. The lowest BCUT2D eigenvalue weighted by molar-refractivity contribution is 0.102. The van der Waals surface area contributed by atoms with E-state index in [-0.39, 0.29) is 5.91 Å². The molecule has 150 valence electrons. The van der Waals surface area contributed by atoms with Crippen molar-refractivity contribution in [1.29, 1.82) is 0 Å². The Kier molecular flexibility index (Phi) is 5.72. The van der Waals surface area contributed by atoms with E-state index in [1.165, 1.54) is 6.42 Å². The molecule has 1 saturated heterocycles. The molecule has 1 N–H and O–H groups in total. The fourth-order valence-corrected chi connectivity index (χ4v) is 4.25. The number of carbonyl (C=O) groups excluding carboxylic acids is 1. The topological polar surface area (TPSA) is 54.5 Å². The number of carbonyl (C=O) groups is 1. The van der Waals surface area contributed by atoms with Crippen LogP contribution in [0, 0.1) is 6.92 Å². The average molecular weight is 454 g/mol. The van der Waals surface area contributed by atoms with Gasteiger partial charge in [0.15, 0.2) is 0 Å². The van der Waals surface area contributed by atoms with Gasteiger partial charge in [0, 0.05) is 34.2 Å². The van der Waals surface area contributed by atoms with Gasteiger partial charge in [0.25, 0.3) is 5.91 Å². The van der Waals surface area contributed by atoms with Gasteiger partial charge in [-0.15, -0.1) is 0 Å². The molecule has 2 aromatic carbocycles. The molecule has 0 aliphatic carbocycles. The number of benzene rings is 2. The maximum absolute atomic E-state index is 13.3. The number of hydrogen-bond donors (Lipinski definition) is 1. The van der Waals surface area contributed by atoms with Crippen molar-refractivity contribution in [3.63, 3.8) is 0 Å². The van der Waals surface area contributed by atoms with Crippen LogP contribution >= 0.6 is 15.9 Å². The summed E-state index contributed by atoms with van der Waals surface area (Å²) in [4.78, 5) is 20.6. The number of pyridine rings is 1. The van der Waals surface area contributed by atoms with E-state index in [1.807, 2.05) is 49.4 Å². The normalized spacial score (nSPS) is 14.1. The van der Waals surface area contributed by atoms with Crippen molar-refractivity contribution in [2.75, 3.05) is 30.4 Å². The molecular formula is C23H24BrN3O2. The van der Waals surface area contributed by atoms with E-state index in [0.29, 0.717) is 5.56 Å². The quantitative estimate of drug-likeness (QED) is 0.561. The standard InChI is InChI=1S/C23H24BrN3O2/c1-15-21(23(28)25-17-7-9-18(29-2)10-8-17)19-14-16(24)6-11-20(19)26-22(15)27-12-4-3-5-13-27/h6-11,14H,3-5,12-13H2,1-2H3,(H,25,28). The summed E-state index contributed by atoms with van der Waals surface area (Å²) in [6.07, 6.45) is 3.57. The number of amides is 1. The molecule has 5 nitrogen and oxygen atoms in total. The number of halogens is 1. The highest BCUT2D eigenvalue weighted by molar-refractivity contribution is 9.10. The van der Waals surface area contributed by atoms with Crippen LogP contribution in [0.2, 0.25) is 0 Å². The molecule has 0 radical (unpaired) electrons. The Balaban J connectivity index is 1.78. The van der Waals surface area contributed by atoms with Gasteiger partial charge in [0.1, 0.15) is 11.6 Å². The first kappa shape index (κ1) is 19.7. The van der Waals surface area contributed by atoms with Crippen LogP contribution in [0.1, 0.15) is 35.2 Å². The second-order valence-electron chi connectivity index (χ2n) is 7.33. The lowest BCUT2D eigenvalue weighted by atomic mass is 10.0. The van der Waals surface area contributed by atoms with Gasteiger partial charge >= 0.3 is 0 Å². The first-order chi connectivity index (χ1) is 14.1. The van der Waals surface area contributed by atoms with Crippen molar-refractivity contribution in [2.24, 2.45) is 0 Å². The molecule has 0 saturated carbocycles. The van der Waals surface area contributed by atoms with E-state index in [0.717, 1.165) is 64.1 Å². The number of piperidine rings is 1. The van der Waals surface area contributed by atoms with E-state index in [4.69, 9.17) is 9.72 Å². The maximum atomic E-state index is 13.3. The van der Waals surface area contributed by atoms with Gasteiger partial charge in [-0.25, -0.2) is 4.98 Å². The zero-order valence-electron chi connectivity index (χ0n) is 16.7. The molecule has 29 heavy (non-hydrogen) atoms. The van der Waals surface area contributed by atoms with Crippen LogP contribution in [0.3, 0.4) is 0 Å². The van der Waals surface area contributed by atoms with Gasteiger partial charge in [-0.05, 0) is 68.7 Å². The van der Waals surface area contributed by atoms with Gasteiger partial charge in [0.2, 0.25) is 0 Å². The van der Waals surface area contributed by atoms with Gasteiger partial charge in [-0.2, -0.15) is 0 Å². The fraction of sp³-hybridized carbons (Fsp3) is 0.304. The van der Waals surface area contributed by atoms with Crippen LogP contribution in [-0.4, -0.2) is 31.1 Å². The molecular weight excluding hydrogens is 430 g/mol. The molecule has 1 aromatic heterocycles. The summed E-state index contributed by atoms with van der Waals surface area (Å²) in [6, 6.07) is 13.3. The second kappa shape index (κ2) is 8.41. The van der Waals surface area contributed by atoms with Crippen LogP contribution in [0.25, 0.3) is 10.9 Å². The highest BCUT2D eigenvalue weighted by atomic mass is 79.9. The highest BCUT2D eigenvalue weighted by Crippen LogP contribution is 2.32. The Morgan fingerprint density at radius 3 is 2.52 bits per heavy atom. The van der Waals surface area contributed by atoms with E-state index < -0.39 is 0 Å². The number of nitrogens with one attached hydrogen (secondary N) is 1. The zero-order chi connectivity index (χ0) is 20.4. The summed E-state index contributed by atoms with van der Waals surface area (Å²) in [5.74, 6) is 1.54. The Hall–Kier alpha value is -2.60. The lowest BCUT2D eigenvalue weighted by Crippen LogP contribution is -2.31. The van der Waals surface area contributed by atoms with E-state index >= 15 is 0 Å². The van der Waals surface area contributed by atoms with Crippen LogP contribution < -0.4 is 15.0 Å². The van der Waals surface area contributed by atoms with Crippen molar-refractivity contribution in [3.8, 4) is 5.75 Å². The number of methoxy groups -OCH3 is 1. The van der Waals surface area contributed by atoms with Crippen LogP contribution in [0.4, 0.5) is 11.5 Å². The minimum absolute atomic E-state index is 0.128. The Morgan fingerprint density at radius 2 is 1.83 bits per heavy atom. The van der Waals surface area contributed by atoms with Gasteiger partial charge in [-0.3, -0.25) is 4.79 Å². The number of anilines is 2. The molecule has 2 heterocycles. The van der Waals surface area contributed by atoms with E-state index in [1.54, 1.807) is 7.11 Å². The van der Waals surface area contributed by atoms with Crippen LogP contribution in [0.15, 0.2) is 46.9 Å². The minimum Gasteiger partial charge on any atom is -0.497 e. The number of rotatable bonds is 4. The molecule has 0 unspecified atom stereocenters. The van der Waals surface area contributed by atoms with Crippen molar-refractivity contribution >= 4 is 44.2 Å². The summed E-state index contributed by atoms with van der Waals surface area (Å²) < 4.78 is 6.13. The SMILES string of the molecule is COc1ccc(NC(=O)c2c(C)c(N3CCCCC3)nc3ccc(Br)cc23)cc1. The first-order valence-corrected chi connectivity index (χ1v) is 10.7. The number of nitrogens with zero attached hydrogens (tertiary/aromatic N) is 2. The third kappa shape index (κ3) is 4.08. The fourth-order valence-electron chi connectivity index (χ4n) is 3.89. The van der Waals surface area contributed by atoms with Gasteiger partial charge in [0.05, 0.1) is 18.2 Å². The Bertz CT molecular complexity index is 1040. The smallest absolute Gasteiger partial charge is 0.256 e. The van der Waals surface area contributed by atoms with Gasteiger partial charge < -0.3 is 15.0 Å². The number of aromatic nitrogens is 1. The lowest BCUT2D eigenvalue weighted by Gasteiger charge is -2.30. The van der Waals surface area contributed by atoms with Crippen molar-refractivity contribution in [3.05, 3.63) is 58.1 Å². The Morgan fingerprint density at radius 1 is 1.10 bits per heavy atom. The van der Waals surface area contributed by atoms with Crippen LogP contribution in [-0.2, 0) is 0 Å². The molecule has 0 bridgehead atoms. The monoisotopic (exact) mass is 453 g/mol. The third-order valence-corrected chi connectivity index (χ3v) is 5.89. The summed E-state index contributed by atoms with van der Waals surface area (Å²) in [7, 11) is 1.63. The number of hydrogen-bond acceptors (Lipinski definition) is 4. The molecule has 3 aromatic rings.